The Morgan fingerprint density at radius 3 is 2.67 bits per heavy atom. The number of benzene rings is 1. The molecule has 1 aromatic rings. The number of hydrogen-bond acceptors (Lipinski definition) is 3. The third-order valence-electron chi connectivity index (χ3n) is 2.28. The van der Waals surface area contributed by atoms with E-state index in [-0.39, 0.29) is 16.7 Å². The lowest BCUT2D eigenvalue weighted by molar-refractivity contribution is 0.401. The minimum Gasteiger partial charge on any atom is -0.506 e. The van der Waals surface area contributed by atoms with Crippen LogP contribution < -0.4 is 4.74 Å². The van der Waals surface area contributed by atoms with E-state index in [4.69, 9.17) is 21.6 Å². The standard InChI is InChI=1S/C11H12ClNO2/c1-6-4-8(7(2)5-13)11(15-3)9(12)10(6)14/h4,7,14H,1-3H3. The van der Waals surface area contributed by atoms with Crippen molar-refractivity contribution >= 4 is 11.6 Å². The quantitative estimate of drug-likeness (QED) is 0.842. The molecule has 0 aliphatic carbocycles. The molecule has 3 nitrogen and oxygen atoms in total. The average Bonchev–Trinajstić information content (AvgIpc) is 2.24. The number of nitriles is 1. The number of phenols is 1. The molecule has 0 radical (unpaired) electrons. The maximum absolute atomic E-state index is 9.60. The molecule has 1 atom stereocenters. The second-order valence-corrected chi connectivity index (χ2v) is 3.71. The lowest BCUT2D eigenvalue weighted by atomic mass is 9.99. The van der Waals surface area contributed by atoms with Crippen molar-refractivity contribution in [2.24, 2.45) is 0 Å². The lowest BCUT2D eigenvalue weighted by Gasteiger charge is -2.14. The van der Waals surface area contributed by atoms with Crippen LogP contribution >= 0.6 is 11.6 Å². The van der Waals surface area contributed by atoms with Crippen LogP contribution in [0.25, 0.3) is 0 Å². The van der Waals surface area contributed by atoms with E-state index in [2.05, 4.69) is 6.07 Å². The fourth-order valence-corrected chi connectivity index (χ4v) is 1.71. The summed E-state index contributed by atoms with van der Waals surface area (Å²) in [6.07, 6.45) is 0. The SMILES string of the molecule is COc1c(C(C)C#N)cc(C)c(O)c1Cl. The highest BCUT2D eigenvalue weighted by Crippen LogP contribution is 2.41. The van der Waals surface area contributed by atoms with Gasteiger partial charge in [0.15, 0.2) is 0 Å². The van der Waals surface area contributed by atoms with Crippen LogP contribution in [0.1, 0.15) is 24.0 Å². The highest BCUT2D eigenvalue weighted by atomic mass is 35.5. The van der Waals surface area contributed by atoms with Crippen molar-refractivity contribution in [3.05, 3.63) is 22.2 Å². The molecule has 0 aliphatic heterocycles. The molecule has 80 valence electrons. The Labute approximate surface area is 93.9 Å². The number of aryl methyl sites for hydroxylation is 1. The second kappa shape index (κ2) is 4.41. The van der Waals surface area contributed by atoms with Crippen LogP contribution in [-0.4, -0.2) is 12.2 Å². The van der Waals surface area contributed by atoms with Gasteiger partial charge < -0.3 is 9.84 Å². The van der Waals surface area contributed by atoms with E-state index >= 15 is 0 Å². The van der Waals surface area contributed by atoms with Gasteiger partial charge in [-0.1, -0.05) is 11.6 Å². The van der Waals surface area contributed by atoms with Crippen molar-refractivity contribution in [3.63, 3.8) is 0 Å². The zero-order valence-electron chi connectivity index (χ0n) is 8.84. The van der Waals surface area contributed by atoms with Gasteiger partial charge in [-0.25, -0.2) is 0 Å². The molecule has 0 fully saturated rings. The van der Waals surface area contributed by atoms with Gasteiger partial charge in [0.05, 0.1) is 19.1 Å². The van der Waals surface area contributed by atoms with Gasteiger partial charge in [0.2, 0.25) is 0 Å². The molecule has 4 heteroatoms. The highest BCUT2D eigenvalue weighted by molar-refractivity contribution is 6.33. The summed E-state index contributed by atoms with van der Waals surface area (Å²) in [5.41, 5.74) is 1.33. The summed E-state index contributed by atoms with van der Waals surface area (Å²) in [6.45, 7) is 3.49. The van der Waals surface area contributed by atoms with Gasteiger partial charge in [0.25, 0.3) is 0 Å². The Kier molecular flexibility index (Phi) is 3.43. The topological polar surface area (TPSA) is 53.2 Å². The lowest BCUT2D eigenvalue weighted by Crippen LogP contribution is -1.98. The fourth-order valence-electron chi connectivity index (χ4n) is 1.37. The number of nitrogens with zero attached hydrogens (tertiary/aromatic N) is 1. The first-order valence-corrected chi connectivity index (χ1v) is 4.86. The van der Waals surface area contributed by atoms with Crippen molar-refractivity contribution in [3.8, 4) is 17.6 Å². The Morgan fingerprint density at radius 2 is 2.20 bits per heavy atom. The minimum atomic E-state index is -0.322. The van der Waals surface area contributed by atoms with Crippen LogP contribution in [0.15, 0.2) is 6.07 Å². The molecule has 0 spiro atoms. The Balaban J connectivity index is 3.46. The summed E-state index contributed by atoms with van der Waals surface area (Å²) in [7, 11) is 1.46. The first kappa shape index (κ1) is 11.7. The number of phenolic OH excluding ortho intramolecular Hbond substituents is 1. The van der Waals surface area contributed by atoms with E-state index in [1.54, 1.807) is 19.9 Å². The van der Waals surface area contributed by atoms with E-state index in [1.807, 2.05) is 0 Å². The number of methoxy groups -OCH3 is 1. The Bertz CT molecular complexity index is 424. The number of aromatic hydroxyl groups is 1. The van der Waals surface area contributed by atoms with Gasteiger partial charge >= 0.3 is 0 Å². The molecule has 1 unspecified atom stereocenters. The van der Waals surface area contributed by atoms with Crippen LogP contribution in [0.2, 0.25) is 5.02 Å². The average molecular weight is 226 g/mol. The number of ether oxygens (including phenoxy) is 1. The summed E-state index contributed by atoms with van der Waals surface area (Å²) < 4.78 is 5.09. The molecular weight excluding hydrogens is 214 g/mol. The van der Waals surface area contributed by atoms with E-state index < -0.39 is 0 Å². The first-order chi connectivity index (χ1) is 7.02. The molecule has 0 aliphatic rings. The molecule has 15 heavy (non-hydrogen) atoms. The maximum atomic E-state index is 9.60. The zero-order valence-corrected chi connectivity index (χ0v) is 9.59. The number of rotatable bonds is 2. The first-order valence-electron chi connectivity index (χ1n) is 4.48. The van der Waals surface area contributed by atoms with Crippen molar-refractivity contribution < 1.29 is 9.84 Å². The third kappa shape index (κ3) is 2.00. The molecule has 1 N–H and O–H groups in total. The van der Waals surface area contributed by atoms with Crippen LogP contribution in [0.5, 0.6) is 11.5 Å². The van der Waals surface area contributed by atoms with Crippen molar-refractivity contribution in [2.45, 2.75) is 19.8 Å². The second-order valence-electron chi connectivity index (χ2n) is 3.33. The van der Waals surface area contributed by atoms with Crippen molar-refractivity contribution in [1.29, 1.82) is 5.26 Å². The Morgan fingerprint density at radius 1 is 1.60 bits per heavy atom. The van der Waals surface area contributed by atoms with Crippen LogP contribution in [0.3, 0.4) is 0 Å². The predicted octanol–water partition coefficient (Wildman–Crippen LogP) is 2.99. The van der Waals surface area contributed by atoms with Gasteiger partial charge in [0, 0.05) is 5.56 Å². The molecule has 1 rings (SSSR count). The van der Waals surface area contributed by atoms with Gasteiger partial charge in [-0.3, -0.25) is 0 Å². The van der Waals surface area contributed by atoms with E-state index in [1.165, 1.54) is 7.11 Å². The number of halogens is 1. The molecule has 0 aromatic heterocycles. The largest absolute Gasteiger partial charge is 0.506 e. The summed E-state index contributed by atoms with van der Waals surface area (Å²) in [5, 5.41) is 18.6. The van der Waals surface area contributed by atoms with Crippen molar-refractivity contribution in [1.82, 2.24) is 0 Å². The highest BCUT2D eigenvalue weighted by Gasteiger charge is 2.18. The molecule has 1 aromatic carbocycles. The molecule has 0 bridgehead atoms. The Hall–Kier alpha value is -1.40. The van der Waals surface area contributed by atoms with Crippen molar-refractivity contribution in [2.75, 3.05) is 7.11 Å². The minimum absolute atomic E-state index is 0.00223. The monoisotopic (exact) mass is 225 g/mol. The molecular formula is C11H12ClNO2. The van der Waals surface area contributed by atoms with E-state index in [0.717, 1.165) is 0 Å². The van der Waals surface area contributed by atoms with Gasteiger partial charge in [0.1, 0.15) is 16.5 Å². The van der Waals surface area contributed by atoms with Crippen LogP contribution in [0, 0.1) is 18.3 Å². The van der Waals surface area contributed by atoms with Crippen LogP contribution in [0.4, 0.5) is 0 Å². The maximum Gasteiger partial charge on any atom is 0.145 e. The summed E-state index contributed by atoms with van der Waals surface area (Å²) >= 11 is 5.92. The van der Waals surface area contributed by atoms with Gasteiger partial charge in [-0.05, 0) is 25.5 Å². The third-order valence-corrected chi connectivity index (χ3v) is 2.63. The molecule has 0 saturated heterocycles. The van der Waals surface area contributed by atoms with Gasteiger partial charge in [-0.2, -0.15) is 5.26 Å². The molecule has 0 amide bonds. The van der Waals surface area contributed by atoms with Gasteiger partial charge in [-0.15, -0.1) is 0 Å². The molecule has 0 saturated carbocycles. The van der Waals surface area contributed by atoms with Crippen LogP contribution in [-0.2, 0) is 0 Å². The summed E-state index contributed by atoms with van der Waals surface area (Å²) in [5.74, 6) is 0.0490. The summed E-state index contributed by atoms with van der Waals surface area (Å²) in [6, 6.07) is 3.83. The fraction of sp³-hybridized carbons (Fsp3) is 0.364. The van der Waals surface area contributed by atoms with E-state index in [0.29, 0.717) is 16.9 Å². The summed E-state index contributed by atoms with van der Waals surface area (Å²) in [4.78, 5) is 0. The molecule has 0 heterocycles. The zero-order chi connectivity index (χ0) is 11.6. The van der Waals surface area contributed by atoms with E-state index in [9.17, 15) is 5.11 Å². The normalized spacial score (nSPS) is 11.9. The smallest absolute Gasteiger partial charge is 0.145 e. The predicted molar refractivity (Wildman–Crippen MR) is 58.4 cm³/mol. The number of hydrogen-bond donors (Lipinski definition) is 1.